The molecule has 0 saturated heterocycles. The molecule has 0 atom stereocenters. The van der Waals surface area contributed by atoms with Crippen molar-refractivity contribution in [3.8, 4) is 0 Å². The van der Waals surface area contributed by atoms with Crippen LogP contribution in [-0.2, 0) is 6.42 Å². The van der Waals surface area contributed by atoms with E-state index in [9.17, 15) is 0 Å². The van der Waals surface area contributed by atoms with Crippen LogP contribution in [0.4, 0.5) is 0 Å². The van der Waals surface area contributed by atoms with Crippen molar-refractivity contribution in [2.45, 2.75) is 44.6 Å². The molecule has 1 fully saturated rings. The van der Waals surface area contributed by atoms with Gasteiger partial charge in [-0.2, -0.15) is 0 Å². The predicted octanol–water partition coefficient (Wildman–Crippen LogP) is 3.91. The van der Waals surface area contributed by atoms with Crippen molar-refractivity contribution in [3.05, 3.63) is 34.3 Å². The first-order chi connectivity index (χ1) is 7.84. The summed E-state index contributed by atoms with van der Waals surface area (Å²) < 4.78 is 1.16. The van der Waals surface area contributed by atoms with E-state index < -0.39 is 0 Å². The predicted molar refractivity (Wildman–Crippen MR) is 72.7 cm³/mol. The summed E-state index contributed by atoms with van der Waals surface area (Å²) in [7, 11) is 0. The average molecular weight is 282 g/mol. The Bertz CT molecular complexity index is 301. The van der Waals surface area contributed by atoms with Gasteiger partial charge in [0.2, 0.25) is 0 Å². The second kappa shape index (κ2) is 6.41. The normalized spacial score (nSPS) is 17.6. The van der Waals surface area contributed by atoms with Gasteiger partial charge >= 0.3 is 0 Å². The molecule has 0 radical (unpaired) electrons. The van der Waals surface area contributed by atoms with E-state index in [0.717, 1.165) is 23.5 Å². The molecule has 0 unspecified atom stereocenters. The first-order valence-corrected chi connectivity index (χ1v) is 7.12. The molecule has 0 bridgehead atoms. The fourth-order valence-electron chi connectivity index (χ4n) is 2.38. The smallest absolute Gasteiger partial charge is 0.0175 e. The van der Waals surface area contributed by atoms with Gasteiger partial charge in [0.25, 0.3) is 0 Å². The lowest BCUT2D eigenvalue weighted by atomic mass is 9.95. The highest BCUT2D eigenvalue weighted by molar-refractivity contribution is 9.10. The zero-order valence-corrected chi connectivity index (χ0v) is 11.3. The highest BCUT2D eigenvalue weighted by Gasteiger charge is 2.11. The van der Waals surface area contributed by atoms with E-state index in [1.54, 1.807) is 0 Å². The second-order valence-corrected chi connectivity index (χ2v) is 5.58. The summed E-state index contributed by atoms with van der Waals surface area (Å²) in [6.07, 6.45) is 8.15. The van der Waals surface area contributed by atoms with Gasteiger partial charge in [-0.15, -0.1) is 0 Å². The molecule has 0 heterocycles. The highest BCUT2D eigenvalue weighted by atomic mass is 79.9. The number of hydrogen-bond donors (Lipinski definition) is 1. The molecular formula is C14H20BrN. The first-order valence-electron chi connectivity index (χ1n) is 6.32. The van der Waals surface area contributed by atoms with Gasteiger partial charge in [0.1, 0.15) is 0 Å². The topological polar surface area (TPSA) is 12.0 Å². The van der Waals surface area contributed by atoms with Crippen LogP contribution in [0.2, 0.25) is 0 Å². The molecule has 1 aromatic carbocycles. The van der Waals surface area contributed by atoms with E-state index >= 15 is 0 Å². The Morgan fingerprint density at radius 1 is 1.06 bits per heavy atom. The number of nitrogens with one attached hydrogen (secondary N) is 1. The van der Waals surface area contributed by atoms with Crippen molar-refractivity contribution >= 4 is 15.9 Å². The lowest BCUT2D eigenvalue weighted by Gasteiger charge is -2.22. The summed E-state index contributed by atoms with van der Waals surface area (Å²) in [5.41, 5.74) is 1.42. The maximum Gasteiger partial charge on any atom is 0.0175 e. The second-order valence-electron chi connectivity index (χ2n) is 4.67. The lowest BCUT2D eigenvalue weighted by Crippen LogP contribution is -2.32. The minimum Gasteiger partial charge on any atom is -0.314 e. The van der Waals surface area contributed by atoms with Crippen molar-refractivity contribution in [1.82, 2.24) is 5.32 Å². The maximum absolute atomic E-state index is 3.67. The van der Waals surface area contributed by atoms with Gasteiger partial charge in [-0.1, -0.05) is 47.3 Å². The highest BCUT2D eigenvalue weighted by Crippen LogP contribution is 2.17. The monoisotopic (exact) mass is 281 g/mol. The van der Waals surface area contributed by atoms with Crippen LogP contribution in [0.15, 0.2) is 28.7 Å². The summed E-state index contributed by atoms with van der Waals surface area (Å²) in [4.78, 5) is 0. The molecule has 1 saturated carbocycles. The summed E-state index contributed by atoms with van der Waals surface area (Å²) in [6.45, 7) is 1.12. The Hall–Kier alpha value is -0.340. The fourth-order valence-corrected chi connectivity index (χ4v) is 2.64. The summed E-state index contributed by atoms with van der Waals surface area (Å²) in [5, 5.41) is 3.67. The molecule has 1 aromatic rings. The molecule has 1 aliphatic rings. The standard InChI is InChI=1S/C14H20BrN/c15-13-8-6-12(7-9-13)10-11-16-14-4-2-1-3-5-14/h6-9,14,16H,1-5,10-11H2. The molecule has 0 spiro atoms. The SMILES string of the molecule is Brc1ccc(CCNC2CCCCC2)cc1. The molecule has 88 valence electrons. The summed E-state index contributed by atoms with van der Waals surface area (Å²) in [6, 6.07) is 9.43. The van der Waals surface area contributed by atoms with E-state index in [1.807, 2.05) is 0 Å². The van der Waals surface area contributed by atoms with Crippen molar-refractivity contribution in [2.75, 3.05) is 6.54 Å². The minimum atomic E-state index is 0.782. The molecule has 0 aromatic heterocycles. The third-order valence-electron chi connectivity index (χ3n) is 3.37. The van der Waals surface area contributed by atoms with Crippen LogP contribution in [-0.4, -0.2) is 12.6 Å². The zero-order valence-electron chi connectivity index (χ0n) is 9.71. The molecular weight excluding hydrogens is 262 g/mol. The van der Waals surface area contributed by atoms with E-state index in [-0.39, 0.29) is 0 Å². The molecule has 1 N–H and O–H groups in total. The first kappa shape index (κ1) is 12.1. The number of benzene rings is 1. The maximum atomic E-state index is 3.67. The van der Waals surface area contributed by atoms with Gasteiger partial charge in [-0.25, -0.2) is 0 Å². The quantitative estimate of drug-likeness (QED) is 0.882. The molecule has 1 nitrogen and oxygen atoms in total. The van der Waals surface area contributed by atoms with Gasteiger partial charge in [-0.05, 0) is 43.5 Å². The Balaban J connectivity index is 1.69. The molecule has 2 rings (SSSR count). The van der Waals surface area contributed by atoms with Crippen LogP contribution in [0.1, 0.15) is 37.7 Å². The Labute approximate surface area is 107 Å². The van der Waals surface area contributed by atoms with Gasteiger partial charge in [0.05, 0.1) is 0 Å². The third kappa shape index (κ3) is 3.91. The zero-order chi connectivity index (χ0) is 11.2. The van der Waals surface area contributed by atoms with Gasteiger partial charge in [0.15, 0.2) is 0 Å². The van der Waals surface area contributed by atoms with Crippen LogP contribution in [0.25, 0.3) is 0 Å². The lowest BCUT2D eigenvalue weighted by molar-refractivity contribution is 0.375. The van der Waals surface area contributed by atoms with Gasteiger partial charge in [-0.3, -0.25) is 0 Å². The van der Waals surface area contributed by atoms with Crippen LogP contribution < -0.4 is 5.32 Å². The molecule has 0 amide bonds. The minimum absolute atomic E-state index is 0.782. The number of halogens is 1. The Kier molecular flexibility index (Phi) is 4.86. The molecule has 2 heteroatoms. The third-order valence-corrected chi connectivity index (χ3v) is 3.89. The van der Waals surface area contributed by atoms with E-state index in [1.165, 1.54) is 37.7 Å². The Morgan fingerprint density at radius 3 is 2.44 bits per heavy atom. The summed E-state index contributed by atoms with van der Waals surface area (Å²) >= 11 is 3.46. The van der Waals surface area contributed by atoms with Crippen LogP contribution in [0, 0.1) is 0 Å². The number of rotatable bonds is 4. The van der Waals surface area contributed by atoms with E-state index in [4.69, 9.17) is 0 Å². The molecule has 0 aliphatic heterocycles. The van der Waals surface area contributed by atoms with Crippen LogP contribution >= 0.6 is 15.9 Å². The van der Waals surface area contributed by atoms with Crippen molar-refractivity contribution in [2.24, 2.45) is 0 Å². The van der Waals surface area contributed by atoms with Crippen molar-refractivity contribution < 1.29 is 0 Å². The average Bonchev–Trinajstić information content (AvgIpc) is 2.33. The van der Waals surface area contributed by atoms with E-state index in [2.05, 4.69) is 45.5 Å². The molecule has 1 aliphatic carbocycles. The fraction of sp³-hybridized carbons (Fsp3) is 0.571. The van der Waals surface area contributed by atoms with Gasteiger partial charge in [0, 0.05) is 10.5 Å². The van der Waals surface area contributed by atoms with Gasteiger partial charge < -0.3 is 5.32 Å². The Morgan fingerprint density at radius 2 is 1.75 bits per heavy atom. The summed E-state index contributed by atoms with van der Waals surface area (Å²) in [5.74, 6) is 0. The largest absolute Gasteiger partial charge is 0.314 e. The number of hydrogen-bond acceptors (Lipinski definition) is 1. The van der Waals surface area contributed by atoms with Crippen molar-refractivity contribution in [3.63, 3.8) is 0 Å². The van der Waals surface area contributed by atoms with E-state index in [0.29, 0.717) is 0 Å². The van der Waals surface area contributed by atoms with Crippen molar-refractivity contribution in [1.29, 1.82) is 0 Å². The molecule has 16 heavy (non-hydrogen) atoms. The van der Waals surface area contributed by atoms with Crippen LogP contribution in [0.5, 0.6) is 0 Å². The van der Waals surface area contributed by atoms with Crippen LogP contribution in [0.3, 0.4) is 0 Å².